The minimum absolute atomic E-state index is 0.215. The smallest absolute Gasteiger partial charge is 0.234 e. The number of hydrogen-bond acceptors (Lipinski definition) is 3. The number of nitrogens with zero attached hydrogens (tertiary/aromatic N) is 1. The van der Waals surface area contributed by atoms with Crippen LogP contribution in [0.15, 0.2) is 0 Å². The van der Waals surface area contributed by atoms with E-state index in [-0.39, 0.29) is 5.91 Å². The molecular weight excluding hydrogens is 202 g/mol. The number of carbonyl (C=O) groups excluding carboxylic acids is 1. The lowest BCUT2D eigenvalue weighted by atomic mass is 9.98. The van der Waals surface area contributed by atoms with Crippen molar-refractivity contribution >= 4 is 5.91 Å². The zero-order valence-electron chi connectivity index (χ0n) is 10.2. The van der Waals surface area contributed by atoms with Crippen LogP contribution in [0.4, 0.5) is 0 Å². The van der Waals surface area contributed by atoms with Gasteiger partial charge in [0.15, 0.2) is 0 Å². The normalized spacial score (nSPS) is 26.7. The van der Waals surface area contributed by atoms with Crippen LogP contribution in [0, 0.1) is 5.92 Å². The highest BCUT2D eigenvalue weighted by Crippen LogP contribution is 2.19. The Bertz CT molecular complexity index is 238. The molecule has 0 aromatic heterocycles. The van der Waals surface area contributed by atoms with Gasteiger partial charge in [0.25, 0.3) is 0 Å². The van der Waals surface area contributed by atoms with Gasteiger partial charge in [0.2, 0.25) is 5.91 Å². The van der Waals surface area contributed by atoms with Gasteiger partial charge in [-0.05, 0) is 51.7 Å². The summed E-state index contributed by atoms with van der Waals surface area (Å²) < 4.78 is 0. The van der Waals surface area contributed by atoms with E-state index < -0.39 is 0 Å². The fraction of sp³-hybridized carbons (Fsp3) is 0.917. The first-order valence-corrected chi connectivity index (χ1v) is 6.44. The van der Waals surface area contributed by atoms with Gasteiger partial charge in [-0.1, -0.05) is 0 Å². The van der Waals surface area contributed by atoms with Gasteiger partial charge >= 0.3 is 0 Å². The minimum atomic E-state index is 0.215. The molecule has 1 atom stereocenters. The predicted octanol–water partition coefficient (Wildman–Crippen LogP) is 0.196. The maximum atomic E-state index is 11.7. The third kappa shape index (κ3) is 3.76. The van der Waals surface area contributed by atoms with E-state index in [1.54, 1.807) is 0 Å². The van der Waals surface area contributed by atoms with Crippen molar-refractivity contribution in [2.75, 3.05) is 33.2 Å². The van der Waals surface area contributed by atoms with Crippen LogP contribution in [0.1, 0.15) is 25.7 Å². The minimum Gasteiger partial charge on any atom is -0.352 e. The third-order valence-electron chi connectivity index (χ3n) is 3.41. The molecule has 4 nitrogen and oxygen atoms in total. The van der Waals surface area contributed by atoms with Gasteiger partial charge < -0.3 is 10.6 Å². The molecule has 0 spiro atoms. The summed E-state index contributed by atoms with van der Waals surface area (Å²) in [6.07, 6.45) is 4.87. The van der Waals surface area contributed by atoms with Crippen molar-refractivity contribution in [1.82, 2.24) is 15.5 Å². The maximum Gasteiger partial charge on any atom is 0.234 e. The summed E-state index contributed by atoms with van der Waals surface area (Å²) in [5.41, 5.74) is 0. The molecule has 1 unspecified atom stereocenters. The Hall–Kier alpha value is -0.610. The highest BCUT2D eigenvalue weighted by Gasteiger charge is 2.25. The zero-order chi connectivity index (χ0) is 11.4. The predicted molar refractivity (Wildman–Crippen MR) is 64.3 cm³/mol. The molecule has 0 aromatic carbocycles. The molecule has 1 amide bonds. The van der Waals surface area contributed by atoms with E-state index >= 15 is 0 Å². The fourth-order valence-corrected chi connectivity index (χ4v) is 2.45. The van der Waals surface area contributed by atoms with Crippen LogP contribution in [0.25, 0.3) is 0 Å². The van der Waals surface area contributed by atoms with E-state index in [0.717, 1.165) is 19.6 Å². The molecule has 1 aliphatic carbocycles. The van der Waals surface area contributed by atoms with Crippen LogP contribution in [-0.4, -0.2) is 50.1 Å². The van der Waals surface area contributed by atoms with Gasteiger partial charge in [-0.2, -0.15) is 0 Å². The quantitative estimate of drug-likeness (QED) is 0.702. The molecule has 0 bridgehead atoms. The average molecular weight is 225 g/mol. The number of hydrogen-bond donors (Lipinski definition) is 2. The fourth-order valence-electron chi connectivity index (χ4n) is 2.45. The van der Waals surface area contributed by atoms with Crippen LogP contribution < -0.4 is 10.6 Å². The molecule has 1 saturated carbocycles. The molecule has 1 heterocycles. The largest absolute Gasteiger partial charge is 0.352 e. The van der Waals surface area contributed by atoms with E-state index in [2.05, 4.69) is 15.5 Å². The van der Waals surface area contributed by atoms with Gasteiger partial charge in [-0.3, -0.25) is 9.69 Å². The van der Waals surface area contributed by atoms with Crippen molar-refractivity contribution in [2.45, 2.75) is 31.7 Å². The van der Waals surface area contributed by atoms with Gasteiger partial charge in [-0.15, -0.1) is 0 Å². The Balaban J connectivity index is 1.69. The number of amides is 1. The Morgan fingerprint density at radius 1 is 1.38 bits per heavy atom. The number of piperidine rings is 1. The number of nitrogens with one attached hydrogen (secondary N) is 2. The van der Waals surface area contributed by atoms with Crippen LogP contribution in [0.3, 0.4) is 0 Å². The molecule has 2 aliphatic rings. The van der Waals surface area contributed by atoms with E-state index in [1.165, 1.54) is 25.7 Å². The molecule has 2 rings (SSSR count). The molecule has 2 fully saturated rings. The number of carbonyl (C=O) groups is 1. The van der Waals surface area contributed by atoms with E-state index in [9.17, 15) is 4.79 Å². The second kappa shape index (κ2) is 5.64. The highest BCUT2D eigenvalue weighted by atomic mass is 16.2. The Morgan fingerprint density at radius 2 is 2.19 bits per heavy atom. The van der Waals surface area contributed by atoms with E-state index in [0.29, 0.717) is 18.5 Å². The van der Waals surface area contributed by atoms with Gasteiger partial charge in [0, 0.05) is 12.6 Å². The van der Waals surface area contributed by atoms with Crippen molar-refractivity contribution in [3.8, 4) is 0 Å². The van der Waals surface area contributed by atoms with Crippen molar-refractivity contribution < 1.29 is 4.79 Å². The average Bonchev–Trinajstić information content (AvgIpc) is 3.02. The Labute approximate surface area is 97.8 Å². The first kappa shape index (κ1) is 11.9. The molecule has 0 aromatic rings. The lowest BCUT2D eigenvalue weighted by Crippen LogP contribution is -2.44. The molecule has 16 heavy (non-hydrogen) atoms. The van der Waals surface area contributed by atoms with Crippen molar-refractivity contribution in [1.29, 1.82) is 0 Å². The SMILES string of the molecule is CNCC1CCCN(CC(=O)NC2CC2)C1. The molecule has 1 saturated heterocycles. The van der Waals surface area contributed by atoms with Crippen LogP contribution >= 0.6 is 0 Å². The van der Waals surface area contributed by atoms with Gasteiger partial charge in [0.05, 0.1) is 6.54 Å². The second-order valence-corrected chi connectivity index (χ2v) is 5.14. The van der Waals surface area contributed by atoms with Crippen molar-refractivity contribution in [3.63, 3.8) is 0 Å². The van der Waals surface area contributed by atoms with E-state index in [1.807, 2.05) is 7.05 Å². The number of likely N-dealkylation sites (tertiary alicyclic amines) is 1. The monoisotopic (exact) mass is 225 g/mol. The molecular formula is C12H23N3O. The number of rotatable bonds is 5. The van der Waals surface area contributed by atoms with Crippen molar-refractivity contribution in [2.24, 2.45) is 5.92 Å². The maximum absolute atomic E-state index is 11.7. The van der Waals surface area contributed by atoms with Crippen LogP contribution in [0.5, 0.6) is 0 Å². The highest BCUT2D eigenvalue weighted by molar-refractivity contribution is 5.78. The summed E-state index contributed by atoms with van der Waals surface area (Å²) in [5.74, 6) is 0.931. The van der Waals surface area contributed by atoms with Gasteiger partial charge in [-0.25, -0.2) is 0 Å². The third-order valence-corrected chi connectivity index (χ3v) is 3.41. The first-order valence-electron chi connectivity index (χ1n) is 6.44. The topological polar surface area (TPSA) is 44.4 Å². The molecule has 0 radical (unpaired) electrons. The molecule has 92 valence electrons. The Kier molecular flexibility index (Phi) is 4.18. The summed E-state index contributed by atoms with van der Waals surface area (Å²) in [6.45, 7) is 3.81. The van der Waals surface area contributed by atoms with Gasteiger partial charge in [0.1, 0.15) is 0 Å². The standard InChI is InChI=1S/C12H23N3O/c1-13-7-10-3-2-6-15(8-10)9-12(16)14-11-4-5-11/h10-11,13H,2-9H2,1H3,(H,14,16). The van der Waals surface area contributed by atoms with Crippen LogP contribution in [-0.2, 0) is 4.79 Å². The lowest BCUT2D eigenvalue weighted by Gasteiger charge is -2.32. The molecule has 1 aliphatic heterocycles. The van der Waals surface area contributed by atoms with Crippen LogP contribution in [0.2, 0.25) is 0 Å². The summed E-state index contributed by atoms with van der Waals surface area (Å²) in [5, 5.41) is 6.28. The van der Waals surface area contributed by atoms with Crippen molar-refractivity contribution in [3.05, 3.63) is 0 Å². The summed E-state index contributed by atoms with van der Waals surface area (Å²) in [4.78, 5) is 14.0. The summed E-state index contributed by atoms with van der Waals surface area (Å²) in [7, 11) is 2.00. The molecule has 2 N–H and O–H groups in total. The summed E-state index contributed by atoms with van der Waals surface area (Å²) in [6, 6.07) is 0.491. The second-order valence-electron chi connectivity index (χ2n) is 5.14. The molecule has 4 heteroatoms. The Morgan fingerprint density at radius 3 is 2.88 bits per heavy atom. The van der Waals surface area contributed by atoms with E-state index in [4.69, 9.17) is 0 Å². The summed E-state index contributed by atoms with van der Waals surface area (Å²) >= 11 is 0. The lowest BCUT2D eigenvalue weighted by molar-refractivity contribution is -0.122. The first-order chi connectivity index (χ1) is 7.78. The zero-order valence-corrected chi connectivity index (χ0v) is 10.2.